The zero-order valence-electron chi connectivity index (χ0n) is 12.0. The fraction of sp³-hybridized carbons (Fsp3) is 0.500. The van der Waals surface area contributed by atoms with Gasteiger partial charge < -0.3 is 15.7 Å². The Balaban J connectivity index is 2.51. The minimum atomic E-state index is -2.54. The number of carbonyl (C=O) groups excluding carboxylic acids is 1. The smallest absolute Gasteiger partial charge is 0.319 e. The van der Waals surface area contributed by atoms with E-state index in [-0.39, 0.29) is 5.92 Å². The molecular formula is C14H20F2N2O2S. The first-order chi connectivity index (χ1) is 9.88. The third-order valence-electron chi connectivity index (χ3n) is 2.71. The van der Waals surface area contributed by atoms with Crippen molar-refractivity contribution in [3.8, 4) is 0 Å². The number of amides is 2. The van der Waals surface area contributed by atoms with Gasteiger partial charge in [-0.15, -0.1) is 0 Å². The van der Waals surface area contributed by atoms with Gasteiger partial charge in [-0.05, 0) is 31.4 Å². The Kier molecular flexibility index (Phi) is 7.45. The molecule has 1 rings (SSSR count). The van der Waals surface area contributed by atoms with Gasteiger partial charge in [0.15, 0.2) is 0 Å². The first-order valence-electron chi connectivity index (χ1n) is 6.65. The third-order valence-corrected chi connectivity index (χ3v) is 3.49. The van der Waals surface area contributed by atoms with E-state index in [1.807, 2.05) is 6.92 Å². The maximum Gasteiger partial charge on any atom is 0.319 e. The highest BCUT2D eigenvalue weighted by Gasteiger charge is 2.12. The van der Waals surface area contributed by atoms with E-state index in [0.717, 1.165) is 0 Å². The number of benzene rings is 1. The van der Waals surface area contributed by atoms with Gasteiger partial charge in [0.25, 0.3) is 5.76 Å². The number of thioether (sulfide) groups is 1. The molecule has 0 radical (unpaired) electrons. The first-order valence-corrected chi connectivity index (χ1v) is 7.53. The van der Waals surface area contributed by atoms with Gasteiger partial charge in [-0.25, -0.2) is 4.79 Å². The number of rotatable bonds is 7. The van der Waals surface area contributed by atoms with Crippen molar-refractivity contribution in [2.24, 2.45) is 5.92 Å². The number of alkyl halides is 2. The van der Waals surface area contributed by atoms with E-state index in [4.69, 9.17) is 0 Å². The van der Waals surface area contributed by atoms with Gasteiger partial charge in [-0.1, -0.05) is 30.8 Å². The Bertz CT molecular complexity index is 458. The number of nitrogens with one attached hydrogen (secondary N) is 2. The fourth-order valence-corrected chi connectivity index (χ4v) is 2.46. The predicted octanol–water partition coefficient (Wildman–Crippen LogP) is 3.53. The van der Waals surface area contributed by atoms with Gasteiger partial charge in [0.2, 0.25) is 0 Å². The maximum atomic E-state index is 12.4. The van der Waals surface area contributed by atoms with Gasteiger partial charge >= 0.3 is 6.03 Å². The molecule has 1 aromatic rings. The molecule has 2 amide bonds. The van der Waals surface area contributed by atoms with E-state index in [1.54, 1.807) is 25.1 Å². The molecule has 4 nitrogen and oxygen atoms in total. The van der Waals surface area contributed by atoms with Gasteiger partial charge in [0.1, 0.15) is 0 Å². The first kappa shape index (κ1) is 17.7. The highest BCUT2D eigenvalue weighted by molar-refractivity contribution is 7.99. The van der Waals surface area contributed by atoms with Crippen molar-refractivity contribution in [3.63, 3.8) is 0 Å². The summed E-state index contributed by atoms with van der Waals surface area (Å²) in [7, 11) is 0. The molecule has 0 saturated carbocycles. The minimum absolute atomic E-state index is 0.126. The van der Waals surface area contributed by atoms with Crippen molar-refractivity contribution in [3.05, 3.63) is 24.3 Å². The van der Waals surface area contributed by atoms with E-state index in [0.29, 0.717) is 35.3 Å². The minimum Gasteiger partial charge on any atom is -0.393 e. The topological polar surface area (TPSA) is 61.4 Å². The van der Waals surface area contributed by atoms with E-state index in [9.17, 15) is 18.7 Å². The second-order valence-corrected chi connectivity index (χ2v) is 5.93. The van der Waals surface area contributed by atoms with E-state index >= 15 is 0 Å². The molecule has 0 heterocycles. The molecule has 0 aliphatic heterocycles. The average molecular weight is 318 g/mol. The number of urea groups is 1. The van der Waals surface area contributed by atoms with E-state index < -0.39 is 17.9 Å². The van der Waals surface area contributed by atoms with Gasteiger partial charge in [0, 0.05) is 11.4 Å². The maximum absolute atomic E-state index is 12.4. The van der Waals surface area contributed by atoms with Crippen molar-refractivity contribution in [2.75, 3.05) is 11.9 Å². The van der Waals surface area contributed by atoms with Crippen LogP contribution in [0.1, 0.15) is 20.3 Å². The predicted molar refractivity (Wildman–Crippen MR) is 80.8 cm³/mol. The van der Waals surface area contributed by atoms with Crippen LogP contribution in [0.2, 0.25) is 0 Å². The number of para-hydroxylation sites is 1. The van der Waals surface area contributed by atoms with E-state index in [1.165, 1.54) is 6.07 Å². The molecule has 0 aliphatic rings. The Morgan fingerprint density at radius 2 is 2.00 bits per heavy atom. The van der Waals surface area contributed by atoms with Crippen LogP contribution in [0.4, 0.5) is 19.3 Å². The van der Waals surface area contributed by atoms with Crippen LogP contribution in [-0.4, -0.2) is 29.5 Å². The van der Waals surface area contributed by atoms with Crippen LogP contribution >= 0.6 is 11.8 Å². The van der Waals surface area contributed by atoms with Crippen molar-refractivity contribution in [1.82, 2.24) is 5.32 Å². The lowest BCUT2D eigenvalue weighted by atomic mass is 10.1. The number of aliphatic hydroxyl groups excluding tert-OH is 1. The van der Waals surface area contributed by atoms with Gasteiger partial charge in [-0.3, -0.25) is 0 Å². The number of halogens is 2. The molecule has 7 heteroatoms. The lowest BCUT2D eigenvalue weighted by Crippen LogP contribution is -2.33. The summed E-state index contributed by atoms with van der Waals surface area (Å²) < 4.78 is 24.8. The summed E-state index contributed by atoms with van der Waals surface area (Å²) in [5, 5.41) is 14.5. The molecule has 21 heavy (non-hydrogen) atoms. The summed E-state index contributed by atoms with van der Waals surface area (Å²) in [6.45, 7) is 4.00. The van der Waals surface area contributed by atoms with Crippen LogP contribution in [-0.2, 0) is 0 Å². The van der Waals surface area contributed by atoms with Crippen LogP contribution in [0, 0.1) is 5.92 Å². The Morgan fingerprint density at radius 3 is 2.62 bits per heavy atom. The molecule has 0 fully saturated rings. The molecule has 2 unspecified atom stereocenters. The summed E-state index contributed by atoms with van der Waals surface area (Å²) in [4.78, 5) is 12.1. The Hall–Kier alpha value is -1.34. The van der Waals surface area contributed by atoms with E-state index in [2.05, 4.69) is 10.6 Å². The molecule has 0 aliphatic carbocycles. The molecular weight excluding hydrogens is 298 g/mol. The Labute approximate surface area is 127 Å². The second-order valence-electron chi connectivity index (χ2n) is 4.90. The molecule has 1 aromatic carbocycles. The van der Waals surface area contributed by atoms with Crippen molar-refractivity contribution < 1.29 is 18.7 Å². The molecule has 3 N–H and O–H groups in total. The molecule has 2 atom stereocenters. The lowest BCUT2D eigenvalue weighted by Gasteiger charge is -2.15. The molecule has 0 spiro atoms. The molecule has 0 bridgehead atoms. The molecule has 118 valence electrons. The van der Waals surface area contributed by atoms with Crippen molar-refractivity contribution >= 4 is 23.5 Å². The number of carbonyl (C=O) groups is 1. The molecule has 0 saturated heterocycles. The lowest BCUT2D eigenvalue weighted by molar-refractivity contribution is 0.163. The average Bonchev–Trinajstić information content (AvgIpc) is 2.37. The van der Waals surface area contributed by atoms with Crippen LogP contribution in [0.5, 0.6) is 0 Å². The monoisotopic (exact) mass is 318 g/mol. The van der Waals surface area contributed by atoms with Crippen LogP contribution in [0.3, 0.4) is 0 Å². The van der Waals surface area contributed by atoms with Crippen LogP contribution < -0.4 is 10.6 Å². The summed E-state index contributed by atoms with van der Waals surface area (Å²) in [5.41, 5.74) is 0.350. The van der Waals surface area contributed by atoms with Crippen LogP contribution in [0.15, 0.2) is 29.2 Å². The quantitative estimate of drug-likeness (QED) is 0.674. The zero-order valence-corrected chi connectivity index (χ0v) is 12.8. The number of hydrogen-bond donors (Lipinski definition) is 3. The molecule has 0 aromatic heterocycles. The second kappa shape index (κ2) is 8.84. The summed E-state index contributed by atoms with van der Waals surface area (Å²) in [6, 6.07) is 5.96. The highest BCUT2D eigenvalue weighted by Crippen LogP contribution is 2.31. The van der Waals surface area contributed by atoms with Crippen LogP contribution in [0.25, 0.3) is 0 Å². The fourth-order valence-electron chi connectivity index (χ4n) is 1.87. The standard InChI is InChI=1S/C14H20F2N2O2S/c1-9(7-10(2)19)8-17-14(20)18-11-5-3-4-6-12(11)21-13(15)16/h3-6,9-10,13,19H,7-8H2,1-2H3,(H2,17,18,20). The van der Waals surface area contributed by atoms with Gasteiger partial charge in [0.05, 0.1) is 11.8 Å². The number of hydrogen-bond acceptors (Lipinski definition) is 3. The largest absolute Gasteiger partial charge is 0.393 e. The third kappa shape index (κ3) is 7.29. The van der Waals surface area contributed by atoms with Crippen molar-refractivity contribution in [2.45, 2.75) is 37.0 Å². The summed E-state index contributed by atoms with van der Waals surface area (Å²) in [5.74, 6) is -2.41. The SMILES string of the molecule is CC(O)CC(C)CNC(=O)Nc1ccccc1SC(F)F. The summed E-state index contributed by atoms with van der Waals surface area (Å²) in [6.07, 6.45) is 0.158. The Morgan fingerprint density at radius 1 is 1.33 bits per heavy atom. The highest BCUT2D eigenvalue weighted by atomic mass is 32.2. The number of aliphatic hydroxyl groups is 1. The normalized spacial score (nSPS) is 13.8. The number of anilines is 1. The van der Waals surface area contributed by atoms with Crippen molar-refractivity contribution in [1.29, 1.82) is 0 Å². The zero-order chi connectivity index (χ0) is 15.8. The summed E-state index contributed by atoms with van der Waals surface area (Å²) >= 11 is 0.391. The van der Waals surface area contributed by atoms with Gasteiger partial charge in [-0.2, -0.15) is 8.78 Å².